The third kappa shape index (κ3) is 1.96. The van der Waals surface area contributed by atoms with Crippen molar-refractivity contribution in [3.63, 3.8) is 0 Å². The number of aromatic amines is 1. The average molecular weight is 264 g/mol. The van der Waals surface area contributed by atoms with E-state index in [2.05, 4.69) is 0 Å². The van der Waals surface area contributed by atoms with Gasteiger partial charge in [-0.1, -0.05) is 0 Å². The number of halogens is 2. The molecule has 0 bridgehead atoms. The molecule has 2 heterocycles. The van der Waals surface area contributed by atoms with Crippen molar-refractivity contribution in [2.45, 2.75) is 24.6 Å². The van der Waals surface area contributed by atoms with E-state index in [1.54, 1.807) is 4.98 Å². The van der Waals surface area contributed by atoms with Crippen LogP contribution in [0.5, 0.6) is 0 Å². The molecule has 0 saturated carbocycles. The molecule has 4 atom stereocenters. The Morgan fingerprint density at radius 2 is 2.17 bits per heavy atom. The lowest BCUT2D eigenvalue weighted by atomic mass is 10.1. The molecule has 2 rings (SSSR count). The average Bonchev–Trinajstić information content (AvgIpc) is 2.61. The highest BCUT2D eigenvalue weighted by atomic mass is 19.1. The number of aliphatic hydroxyl groups excluding tert-OH is 2. The Labute approximate surface area is 98.3 Å². The van der Waals surface area contributed by atoms with Crippen LogP contribution >= 0.6 is 0 Å². The smallest absolute Gasteiger partial charge is 0.330 e. The van der Waals surface area contributed by atoms with Crippen LogP contribution in [0.2, 0.25) is 0 Å². The van der Waals surface area contributed by atoms with Crippen LogP contribution in [0, 0.1) is 5.82 Å². The largest absolute Gasteiger partial charge is 0.394 e. The molecule has 1 aromatic rings. The lowest BCUT2D eigenvalue weighted by molar-refractivity contribution is -0.0495. The van der Waals surface area contributed by atoms with Crippen molar-refractivity contribution < 1.29 is 23.7 Å². The number of nitrogens with one attached hydrogen (secondary N) is 1. The van der Waals surface area contributed by atoms with Crippen molar-refractivity contribution in [2.24, 2.45) is 0 Å². The number of H-pyrrole nitrogens is 1. The van der Waals surface area contributed by atoms with Gasteiger partial charge in [0.15, 0.2) is 12.4 Å². The Morgan fingerprint density at radius 1 is 1.50 bits per heavy atom. The van der Waals surface area contributed by atoms with E-state index in [0.717, 1.165) is 0 Å². The highest BCUT2D eigenvalue weighted by molar-refractivity contribution is 4.94. The minimum atomic E-state index is -2.02. The Bertz CT molecular complexity index is 557. The molecule has 7 nitrogen and oxygen atoms in total. The van der Waals surface area contributed by atoms with E-state index in [-0.39, 0.29) is 0 Å². The Morgan fingerprint density at radius 3 is 2.72 bits per heavy atom. The fourth-order valence-corrected chi connectivity index (χ4v) is 1.73. The summed E-state index contributed by atoms with van der Waals surface area (Å²) in [7, 11) is 0. The van der Waals surface area contributed by atoms with Crippen LogP contribution in [0.25, 0.3) is 0 Å². The fourth-order valence-electron chi connectivity index (χ4n) is 1.73. The zero-order valence-corrected chi connectivity index (χ0v) is 8.92. The van der Waals surface area contributed by atoms with E-state index in [0.29, 0.717) is 10.8 Å². The van der Waals surface area contributed by atoms with Crippen molar-refractivity contribution in [3.8, 4) is 0 Å². The van der Waals surface area contributed by atoms with Gasteiger partial charge in [-0.3, -0.25) is 14.3 Å². The minimum Gasteiger partial charge on any atom is -0.394 e. The summed E-state index contributed by atoms with van der Waals surface area (Å²) in [6, 6.07) is 0. The molecule has 0 amide bonds. The van der Waals surface area contributed by atoms with Crippen LogP contribution in [0.1, 0.15) is 6.23 Å². The highest BCUT2D eigenvalue weighted by Crippen LogP contribution is 2.30. The molecule has 1 saturated heterocycles. The monoisotopic (exact) mass is 264 g/mol. The fraction of sp³-hybridized carbons (Fsp3) is 0.556. The molecule has 0 spiro atoms. The van der Waals surface area contributed by atoms with Gasteiger partial charge in [0.1, 0.15) is 12.2 Å². The third-order valence-corrected chi connectivity index (χ3v) is 2.67. The first kappa shape index (κ1) is 12.9. The van der Waals surface area contributed by atoms with Gasteiger partial charge in [-0.2, -0.15) is 4.39 Å². The number of ether oxygens (including phenoxy) is 1. The molecule has 0 unspecified atom stereocenters. The zero-order chi connectivity index (χ0) is 13.4. The molecular formula is C9H10F2N2O5. The van der Waals surface area contributed by atoms with Crippen molar-refractivity contribution in [1.29, 1.82) is 0 Å². The second kappa shape index (κ2) is 4.59. The van der Waals surface area contributed by atoms with Crippen LogP contribution in [0.4, 0.5) is 8.78 Å². The van der Waals surface area contributed by atoms with Gasteiger partial charge in [0.2, 0.25) is 5.82 Å². The quantitative estimate of drug-likeness (QED) is 0.588. The third-order valence-electron chi connectivity index (χ3n) is 2.67. The predicted octanol–water partition coefficient (Wildman–Crippen LogP) is -1.74. The van der Waals surface area contributed by atoms with Gasteiger partial charge < -0.3 is 14.9 Å². The van der Waals surface area contributed by atoms with Gasteiger partial charge >= 0.3 is 5.69 Å². The minimum absolute atomic E-state index is 0.486. The SMILES string of the molecule is O=c1[nH]c(=O)n([C@H]2O[C@@H](CO)[C@H](O)[C@@H]2F)cc1F. The first-order valence-corrected chi connectivity index (χ1v) is 5.05. The molecule has 1 fully saturated rings. The number of aromatic nitrogens is 2. The molecular weight excluding hydrogens is 254 g/mol. The van der Waals surface area contributed by atoms with E-state index in [1.807, 2.05) is 0 Å². The van der Waals surface area contributed by atoms with Crippen molar-refractivity contribution >= 4 is 0 Å². The van der Waals surface area contributed by atoms with Gasteiger partial charge in [-0.25, -0.2) is 9.18 Å². The summed E-state index contributed by atoms with van der Waals surface area (Å²) in [6.45, 7) is -0.654. The maximum atomic E-state index is 13.7. The summed E-state index contributed by atoms with van der Waals surface area (Å²) < 4.78 is 32.1. The lowest BCUT2D eigenvalue weighted by Gasteiger charge is -2.15. The summed E-state index contributed by atoms with van der Waals surface area (Å²) in [5, 5.41) is 18.2. The van der Waals surface area contributed by atoms with E-state index in [1.165, 1.54) is 0 Å². The van der Waals surface area contributed by atoms with E-state index < -0.39 is 48.3 Å². The van der Waals surface area contributed by atoms with Crippen molar-refractivity contribution in [3.05, 3.63) is 32.9 Å². The summed E-state index contributed by atoms with van der Waals surface area (Å²) in [5.74, 6) is -1.28. The normalized spacial score (nSPS) is 31.8. The molecule has 0 aliphatic carbocycles. The molecule has 100 valence electrons. The number of hydrogen-bond acceptors (Lipinski definition) is 5. The van der Waals surface area contributed by atoms with Gasteiger partial charge in [-0.15, -0.1) is 0 Å². The first-order valence-electron chi connectivity index (χ1n) is 5.05. The second-order valence-corrected chi connectivity index (χ2v) is 3.83. The van der Waals surface area contributed by atoms with Gasteiger partial charge in [-0.05, 0) is 0 Å². The molecule has 1 aromatic heterocycles. The number of rotatable bonds is 2. The van der Waals surface area contributed by atoms with Crippen molar-refractivity contribution in [2.75, 3.05) is 6.61 Å². The van der Waals surface area contributed by atoms with Gasteiger partial charge in [0, 0.05) is 0 Å². The lowest BCUT2D eigenvalue weighted by Crippen LogP contribution is -2.37. The molecule has 9 heteroatoms. The Kier molecular flexibility index (Phi) is 3.28. The standard InChI is InChI=1S/C9H10F2N2O5/c10-3-1-13(9(17)12-7(3)16)8-5(11)6(15)4(2-14)18-8/h1,4-6,8,14-15H,2H2,(H,12,16,17)/t4-,5-,6-,8-/m0/s1. The number of alkyl halides is 1. The van der Waals surface area contributed by atoms with Crippen LogP contribution < -0.4 is 11.2 Å². The maximum Gasteiger partial charge on any atom is 0.330 e. The Hall–Kier alpha value is -1.58. The van der Waals surface area contributed by atoms with Crippen LogP contribution in [-0.4, -0.2) is 44.8 Å². The van der Waals surface area contributed by atoms with Crippen LogP contribution in [0.3, 0.4) is 0 Å². The number of hydrogen-bond donors (Lipinski definition) is 3. The molecule has 3 N–H and O–H groups in total. The highest BCUT2D eigenvalue weighted by Gasteiger charge is 2.45. The molecule has 1 aliphatic rings. The maximum absolute atomic E-state index is 13.7. The van der Waals surface area contributed by atoms with Crippen LogP contribution in [0.15, 0.2) is 15.8 Å². The zero-order valence-electron chi connectivity index (χ0n) is 8.92. The summed E-state index contributed by atoms with van der Waals surface area (Å²) >= 11 is 0. The molecule has 0 radical (unpaired) electrons. The molecule has 18 heavy (non-hydrogen) atoms. The van der Waals surface area contributed by atoms with Gasteiger partial charge in [0.25, 0.3) is 5.56 Å². The molecule has 0 aromatic carbocycles. The van der Waals surface area contributed by atoms with E-state index in [4.69, 9.17) is 9.84 Å². The summed E-state index contributed by atoms with van der Waals surface area (Å²) in [4.78, 5) is 23.8. The summed E-state index contributed by atoms with van der Waals surface area (Å²) in [5.41, 5.74) is -2.30. The second-order valence-electron chi connectivity index (χ2n) is 3.83. The number of aliphatic hydroxyl groups is 2. The van der Waals surface area contributed by atoms with Crippen molar-refractivity contribution in [1.82, 2.24) is 9.55 Å². The van der Waals surface area contributed by atoms with E-state index >= 15 is 0 Å². The van der Waals surface area contributed by atoms with E-state index in [9.17, 15) is 23.5 Å². The Balaban J connectivity index is 2.42. The van der Waals surface area contributed by atoms with Gasteiger partial charge in [0.05, 0.1) is 12.8 Å². The summed E-state index contributed by atoms with van der Waals surface area (Å²) in [6.07, 6.45) is -5.99. The first-order chi connectivity index (χ1) is 8.45. The number of nitrogens with zero attached hydrogens (tertiary/aromatic N) is 1. The topological polar surface area (TPSA) is 105 Å². The van der Waals surface area contributed by atoms with Crippen LogP contribution in [-0.2, 0) is 4.74 Å². The molecule has 1 aliphatic heterocycles. The predicted molar refractivity (Wildman–Crippen MR) is 53.2 cm³/mol.